The normalized spacial score (nSPS) is 10.7. The second-order valence-electron chi connectivity index (χ2n) is 4.71. The summed E-state index contributed by atoms with van der Waals surface area (Å²) in [5.74, 6) is -0.213. The van der Waals surface area contributed by atoms with Crippen LogP contribution in [-0.4, -0.2) is 25.6 Å². The number of benzene rings is 2. The van der Waals surface area contributed by atoms with E-state index < -0.39 is 5.69 Å². The second-order valence-corrected chi connectivity index (χ2v) is 6.37. The summed E-state index contributed by atoms with van der Waals surface area (Å²) in [4.78, 5) is 24.6. The molecule has 0 saturated carbocycles. The molecule has 116 valence electrons. The molecular formula is C15H10ClIN4O2. The van der Waals surface area contributed by atoms with Crippen LogP contribution in [0.4, 0.5) is 0 Å². The molecule has 6 nitrogen and oxygen atoms in total. The summed E-state index contributed by atoms with van der Waals surface area (Å²) in [5.41, 5.74) is 0.425. The van der Waals surface area contributed by atoms with Crippen molar-refractivity contribution >= 4 is 40.0 Å². The maximum absolute atomic E-state index is 12.3. The highest BCUT2D eigenvalue weighted by atomic mass is 127. The Morgan fingerprint density at radius 2 is 1.78 bits per heavy atom. The van der Waals surface area contributed by atoms with Gasteiger partial charge in [-0.25, -0.2) is 4.79 Å². The van der Waals surface area contributed by atoms with Gasteiger partial charge in [0.2, 0.25) is 0 Å². The van der Waals surface area contributed by atoms with Crippen molar-refractivity contribution in [3.05, 3.63) is 73.2 Å². The molecule has 0 unspecified atom stereocenters. The molecule has 0 aliphatic heterocycles. The fourth-order valence-electron chi connectivity index (χ4n) is 2.01. The second kappa shape index (κ2) is 6.63. The molecular weight excluding hydrogens is 431 g/mol. The summed E-state index contributed by atoms with van der Waals surface area (Å²) in [6.07, 6.45) is 0. The van der Waals surface area contributed by atoms with E-state index in [0.29, 0.717) is 16.3 Å². The largest absolute Gasteiger partial charge is 0.368 e. The third-order valence-electron chi connectivity index (χ3n) is 3.18. The van der Waals surface area contributed by atoms with E-state index in [4.69, 9.17) is 11.6 Å². The third-order valence-corrected chi connectivity index (χ3v) is 4.22. The molecule has 0 bridgehead atoms. The smallest absolute Gasteiger partial charge is 0.292 e. The van der Waals surface area contributed by atoms with Crippen LogP contribution < -0.4 is 5.69 Å². The average molecular weight is 441 g/mol. The zero-order chi connectivity index (χ0) is 16.4. The molecule has 23 heavy (non-hydrogen) atoms. The molecule has 0 fully saturated rings. The predicted molar refractivity (Wildman–Crippen MR) is 94.1 cm³/mol. The number of carbonyl (C=O) groups is 1. The Balaban J connectivity index is 1.88. The maximum Gasteiger partial charge on any atom is 0.368 e. The topological polar surface area (TPSA) is 69.8 Å². The molecule has 0 amide bonds. The number of ketones is 1. The summed E-state index contributed by atoms with van der Waals surface area (Å²) >= 11 is 8.21. The molecule has 0 aliphatic rings. The molecule has 8 heteroatoms. The summed E-state index contributed by atoms with van der Waals surface area (Å²) in [6, 6.07) is 13.9. The maximum atomic E-state index is 12.3. The van der Waals surface area contributed by atoms with E-state index in [9.17, 15) is 9.59 Å². The van der Waals surface area contributed by atoms with Gasteiger partial charge in [-0.3, -0.25) is 4.79 Å². The monoisotopic (exact) mass is 440 g/mol. The van der Waals surface area contributed by atoms with E-state index in [1.165, 1.54) is 0 Å². The fraction of sp³-hybridized carbons (Fsp3) is 0.0667. The van der Waals surface area contributed by atoms with Gasteiger partial charge in [0.05, 0.1) is 10.7 Å². The first kappa shape index (κ1) is 15.9. The summed E-state index contributed by atoms with van der Waals surface area (Å²) < 4.78 is 3.12. The first-order chi connectivity index (χ1) is 11.1. The molecule has 0 aliphatic carbocycles. The predicted octanol–water partition coefficient (Wildman–Crippen LogP) is 2.57. The van der Waals surface area contributed by atoms with E-state index in [0.717, 1.165) is 12.9 Å². The molecule has 0 N–H and O–H groups in total. The van der Waals surface area contributed by atoms with Gasteiger partial charge in [-0.05, 0) is 57.3 Å². The van der Waals surface area contributed by atoms with Crippen molar-refractivity contribution in [2.75, 3.05) is 0 Å². The van der Waals surface area contributed by atoms with Crippen LogP contribution in [-0.2, 0) is 6.54 Å². The molecule has 0 radical (unpaired) electrons. The highest BCUT2D eigenvalue weighted by Crippen LogP contribution is 2.16. The zero-order valence-corrected chi connectivity index (χ0v) is 14.6. The molecule has 1 heterocycles. The van der Waals surface area contributed by atoms with Crippen molar-refractivity contribution in [2.24, 2.45) is 0 Å². The van der Waals surface area contributed by atoms with Gasteiger partial charge in [0, 0.05) is 9.13 Å². The number of rotatable bonds is 4. The number of nitrogens with zero attached hydrogens (tertiary/aromatic N) is 4. The van der Waals surface area contributed by atoms with Gasteiger partial charge in [0.15, 0.2) is 5.78 Å². The molecule has 0 saturated heterocycles. The molecule has 2 aromatic carbocycles. The van der Waals surface area contributed by atoms with E-state index >= 15 is 0 Å². The minimum Gasteiger partial charge on any atom is -0.292 e. The van der Waals surface area contributed by atoms with Gasteiger partial charge in [0.1, 0.15) is 6.54 Å². The molecule has 3 aromatic rings. The third kappa shape index (κ3) is 3.35. The van der Waals surface area contributed by atoms with E-state index in [2.05, 4.69) is 33.0 Å². The minimum absolute atomic E-state index is 0.177. The molecule has 3 rings (SSSR count). The number of Topliss-reactive ketones (excluding diaryl/α,β-unsaturated/α-hetero) is 1. The van der Waals surface area contributed by atoms with E-state index in [-0.39, 0.29) is 12.3 Å². The lowest BCUT2D eigenvalue weighted by Crippen LogP contribution is -2.27. The van der Waals surface area contributed by atoms with Crippen molar-refractivity contribution in [3.63, 3.8) is 0 Å². The number of halogens is 2. The quantitative estimate of drug-likeness (QED) is 0.462. The van der Waals surface area contributed by atoms with Gasteiger partial charge < -0.3 is 0 Å². The van der Waals surface area contributed by atoms with Crippen LogP contribution in [0.2, 0.25) is 5.02 Å². The van der Waals surface area contributed by atoms with Gasteiger partial charge in [-0.1, -0.05) is 35.9 Å². The standard InChI is InChI=1S/C15H10ClIN4O2/c16-12-3-1-2-4-13(12)21-15(23)20(18-19-21)9-14(22)10-5-7-11(17)8-6-10/h1-8H,9H2. The van der Waals surface area contributed by atoms with Gasteiger partial charge in [-0.2, -0.15) is 9.36 Å². The molecule has 1 aromatic heterocycles. The summed E-state index contributed by atoms with van der Waals surface area (Å²) in [7, 11) is 0. The van der Waals surface area contributed by atoms with Crippen LogP contribution >= 0.6 is 34.2 Å². The number of tetrazole rings is 1. The number of aromatic nitrogens is 4. The summed E-state index contributed by atoms with van der Waals surface area (Å²) in [6.45, 7) is -0.177. The highest BCUT2D eigenvalue weighted by molar-refractivity contribution is 14.1. The average Bonchev–Trinajstić information content (AvgIpc) is 2.89. The lowest BCUT2D eigenvalue weighted by atomic mass is 10.1. The minimum atomic E-state index is -0.517. The molecule has 0 atom stereocenters. The Hall–Kier alpha value is -2.00. The van der Waals surface area contributed by atoms with Crippen LogP contribution in [0.1, 0.15) is 10.4 Å². The Kier molecular flexibility index (Phi) is 4.58. The van der Waals surface area contributed by atoms with Crippen LogP contribution in [0.3, 0.4) is 0 Å². The van der Waals surface area contributed by atoms with E-state index in [1.54, 1.807) is 36.4 Å². The number of para-hydroxylation sites is 1. The van der Waals surface area contributed by atoms with Crippen LogP contribution in [0, 0.1) is 3.57 Å². The lowest BCUT2D eigenvalue weighted by molar-refractivity contribution is 0.0965. The van der Waals surface area contributed by atoms with Crippen LogP contribution in [0.15, 0.2) is 53.3 Å². The number of carbonyl (C=O) groups excluding carboxylic acids is 1. The number of hydrogen-bond donors (Lipinski definition) is 0. The first-order valence-corrected chi connectivity index (χ1v) is 8.08. The van der Waals surface area contributed by atoms with Gasteiger partial charge >= 0.3 is 5.69 Å². The van der Waals surface area contributed by atoms with Crippen molar-refractivity contribution in [1.29, 1.82) is 0 Å². The van der Waals surface area contributed by atoms with Crippen molar-refractivity contribution in [2.45, 2.75) is 6.54 Å². The van der Waals surface area contributed by atoms with Crippen molar-refractivity contribution in [3.8, 4) is 5.69 Å². The van der Waals surface area contributed by atoms with Gasteiger partial charge in [0.25, 0.3) is 0 Å². The Labute approximate surface area is 149 Å². The summed E-state index contributed by atoms with van der Waals surface area (Å²) in [5, 5.41) is 7.92. The SMILES string of the molecule is O=C(Cn1nnn(-c2ccccc2Cl)c1=O)c1ccc(I)cc1. The van der Waals surface area contributed by atoms with Crippen LogP contribution in [0.5, 0.6) is 0 Å². The van der Waals surface area contributed by atoms with E-state index in [1.807, 2.05) is 12.1 Å². The van der Waals surface area contributed by atoms with Gasteiger partial charge in [-0.15, -0.1) is 0 Å². The van der Waals surface area contributed by atoms with Crippen molar-refractivity contribution in [1.82, 2.24) is 19.8 Å². The Morgan fingerprint density at radius 3 is 2.48 bits per heavy atom. The Morgan fingerprint density at radius 1 is 1.09 bits per heavy atom. The fourth-order valence-corrected chi connectivity index (χ4v) is 2.59. The van der Waals surface area contributed by atoms with Crippen molar-refractivity contribution < 1.29 is 4.79 Å². The van der Waals surface area contributed by atoms with Crippen LogP contribution in [0.25, 0.3) is 5.69 Å². The zero-order valence-electron chi connectivity index (χ0n) is 11.7. The first-order valence-electron chi connectivity index (χ1n) is 6.63. The molecule has 0 spiro atoms. The lowest BCUT2D eigenvalue weighted by Gasteiger charge is -2.01. The number of hydrogen-bond acceptors (Lipinski definition) is 4. The highest BCUT2D eigenvalue weighted by Gasteiger charge is 2.14. The Bertz CT molecular complexity index is 918.